The predicted octanol–water partition coefficient (Wildman–Crippen LogP) is 11.4. The summed E-state index contributed by atoms with van der Waals surface area (Å²) in [6, 6.07) is 27.1. The molecule has 4 atom stereocenters. The molecular weight excluding hydrogens is 735 g/mol. The van der Waals surface area contributed by atoms with E-state index in [0.29, 0.717) is 28.4 Å². The van der Waals surface area contributed by atoms with Crippen molar-refractivity contribution in [1.29, 1.82) is 0 Å². The minimum atomic E-state index is -0.0787. The highest BCUT2D eigenvalue weighted by molar-refractivity contribution is 9.10. The van der Waals surface area contributed by atoms with Crippen molar-refractivity contribution in [2.45, 2.75) is 57.2 Å². The number of benzene rings is 4. The van der Waals surface area contributed by atoms with Crippen LogP contribution in [0.3, 0.4) is 0 Å². The van der Waals surface area contributed by atoms with Crippen LogP contribution in [0.5, 0.6) is 11.5 Å². The summed E-state index contributed by atoms with van der Waals surface area (Å²) in [6.45, 7) is 0. The largest absolute Gasteiger partial charge is 0.490 e. The van der Waals surface area contributed by atoms with Crippen LogP contribution in [-0.4, -0.2) is 18.0 Å². The summed E-state index contributed by atoms with van der Waals surface area (Å²) < 4.78 is 14.0. The predicted molar refractivity (Wildman–Crippen MR) is 188 cm³/mol. The number of hydrogen-bond acceptors (Lipinski definition) is 3. The molecule has 0 bridgehead atoms. The zero-order valence-electron chi connectivity index (χ0n) is 24.7. The average molecular weight is 769 g/mol. The lowest BCUT2D eigenvalue weighted by molar-refractivity contribution is 0.103. The molecule has 4 fully saturated rings. The van der Waals surface area contributed by atoms with Crippen LogP contribution in [0, 0.1) is 23.7 Å². The van der Waals surface area contributed by atoms with E-state index in [-0.39, 0.29) is 5.78 Å². The number of ether oxygens (including phenoxy) is 2. The van der Waals surface area contributed by atoms with Crippen molar-refractivity contribution in [2.24, 2.45) is 23.7 Å². The van der Waals surface area contributed by atoms with E-state index < -0.39 is 0 Å². The molecule has 4 aliphatic rings. The van der Waals surface area contributed by atoms with Gasteiger partial charge in [-0.2, -0.15) is 0 Å². The minimum Gasteiger partial charge on any atom is -0.490 e. The molecule has 232 valence electrons. The summed E-state index contributed by atoms with van der Waals surface area (Å²) in [7, 11) is 0. The van der Waals surface area contributed by atoms with Gasteiger partial charge in [-0.05, 0) is 153 Å². The number of fused-ring (bicyclic) bond motifs is 2. The van der Waals surface area contributed by atoms with Crippen molar-refractivity contribution in [3.8, 4) is 11.5 Å². The first-order chi connectivity index (χ1) is 21.8. The van der Waals surface area contributed by atoms with E-state index in [9.17, 15) is 4.79 Å². The molecule has 3 nitrogen and oxygen atoms in total. The monoisotopic (exact) mass is 766 g/mol. The third-order valence-electron chi connectivity index (χ3n) is 9.62. The Labute approximate surface area is 291 Å². The lowest BCUT2D eigenvalue weighted by Crippen LogP contribution is -2.13. The molecule has 4 aliphatic carbocycles. The summed E-state index contributed by atoms with van der Waals surface area (Å²) in [4.78, 5) is 12.6. The maximum atomic E-state index is 12.6. The molecular formula is C38H34Br2Cl2O3. The van der Waals surface area contributed by atoms with E-state index in [1.165, 1.54) is 44.1 Å². The third kappa shape index (κ3) is 7.81. The van der Waals surface area contributed by atoms with Gasteiger partial charge in [-0.15, -0.1) is 0 Å². The third-order valence-corrected chi connectivity index (χ3v) is 11.3. The molecule has 0 amide bonds. The lowest BCUT2D eigenvalue weighted by atomic mass is 10.0. The molecule has 0 saturated heterocycles. The topological polar surface area (TPSA) is 35.5 Å². The average Bonchev–Trinajstić information content (AvgIpc) is 3.88. The number of hydrogen-bond donors (Lipinski definition) is 0. The number of carbonyl (C=O) groups excluding carboxylic acids is 1. The van der Waals surface area contributed by atoms with Gasteiger partial charge in [0.1, 0.15) is 11.5 Å². The van der Waals surface area contributed by atoms with Crippen molar-refractivity contribution >= 4 is 60.8 Å². The van der Waals surface area contributed by atoms with Crippen molar-refractivity contribution in [1.82, 2.24) is 0 Å². The number of carbonyl (C=O) groups is 1. The van der Waals surface area contributed by atoms with Gasteiger partial charge in [-0.25, -0.2) is 0 Å². The van der Waals surface area contributed by atoms with E-state index in [0.717, 1.165) is 61.1 Å². The fourth-order valence-corrected chi connectivity index (χ4v) is 8.15. The standard InChI is InChI=1S/C19H16BrClO2.C19H18BrClO/c20-14-3-6-18(21)17(10-14)19(22)11-1-4-15(5-2-11)23-16-8-12-7-13(12)9-16;20-16-3-6-19(21)15(9-16)7-12-1-4-17(5-2-12)22-18-10-13-8-14(13)11-18/h1-6,10,12-13,16H,7-9H2;1-6,9,13-14,18H,7-8,10-11H2. The summed E-state index contributed by atoms with van der Waals surface area (Å²) in [5.74, 6) is 5.48. The van der Waals surface area contributed by atoms with E-state index in [4.69, 9.17) is 32.7 Å². The first-order valence-corrected chi connectivity index (χ1v) is 18.1. The van der Waals surface area contributed by atoms with Crippen LogP contribution in [0.4, 0.5) is 0 Å². The Balaban J connectivity index is 0.000000145. The van der Waals surface area contributed by atoms with Crippen molar-refractivity contribution in [3.63, 3.8) is 0 Å². The minimum absolute atomic E-state index is 0.0787. The Morgan fingerprint density at radius 1 is 0.622 bits per heavy atom. The van der Waals surface area contributed by atoms with Gasteiger partial charge in [-0.1, -0.05) is 67.2 Å². The maximum absolute atomic E-state index is 12.6. The van der Waals surface area contributed by atoms with Crippen molar-refractivity contribution in [2.75, 3.05) is 0 Å². The molecule has 4 aromatic carbocycles. The van der Waals surface area contributed by atoms with Crippen LogP contribution in [0.2, 0.25) is 10.0 Å². The normalized spacial score (nSPS) is 25.4. The van der Waals surface area contributed by atoms with Gasteiger partial charge in [0.25, 0.3) is 0 Å². The molecule has 4 aromatic rings. The Hall–Kier alpha value is -2.31. The van der Waals surface area contributed by atoms with Gasteiger partial charge in [0.2, 0.25) is 0 Å². The zero-order chi connectivity index (χ0) is 31.1. The summed E-state index contributed by atoms with van der Waals surface area (Å²) >= 11 is 19.3. The zero-order valence-corrected chi connectivity index (χ0v) is 29.4. The second kappa shape index (κ2) is 13.4. The van der Waals surface area contributed by atoms with Crippen LogP contribution >= 0.6 is 55.1 Å². The second-order valence-corrected chi connectivity index (χ2v) is 15.6. The van der Waals surface area contributed by atoms with Crippen molar-refractivity contribution in [3.05, 3.63) is 126 Å². The van der Waals surface area contributed by atoms with E-state index in [1.54, 1.807) is 12.1 Å². The van der Waals surface area contributed by atoms with E-state index in [1.807, 2.05) is 42.5 Å². The van der Waals surface area contributed by atoms with Crippen LogP contribution in [0.25, 0.3) is 0 Å². The number of halogens is 4. The highest BCUT2D eigenvalue weighted by Crippen LogP contribution is 2.53. The molecule has 4 saturated carbocycles. The van der Waals surface area contributed by atoms with E-state index in [2.05, 4.69) is 62.2 Å². The molecule has 0 aromatic heterocycles. The Morgan fingerprint density at radius 3 is 1.67 bits per heavy atom. The molecule has 0 aliphatic heterocycles. The van der Waals surface area contributed by atoms with Crippen LogP contribution in [0.1, 0.15) is 65.6 Å². The Morgan fingerprint density at radius 2 is 1.11 bits per heavy atom. The smallest absolute Gasteiger partial charge is 0.194 e. The lowest BCUT2D eigenvalue weighted by Gasteiger charge is -2.15. The first kappa shape index (κ1) is 31.3. The van der Waals surface area contributed by atoms with Gasteiger partial charge < -0.3 is 9.47 Å². The second-order valence-electron chi connectivity index (χ2n) is 13.0. The Bertz CT molecular complexity index is 1670. The molecule has 4 unspecified atom stereocenters. The van der Waals surface area contributed by atoms with E-state index >= 15 is 0 Å². The molecule has 0 heterocycles. The number of ketones is 1. The van der Waals surface area contributed by atoms with Gasteiger partial charge >= 0.3 is 0 Å². The van der Waals surface area contributed by atoms with Crippen LogP contribution in [0.15, 0.2) is 93.9 Å². The van der Waals surface area contributed by atoms with Crippen molar-refractivity contribution < 1.29 is 14.3 Å². The molecule has 0 radical (unpaired) electrons. The quantitative estimate of drug-likeness (QED) is 0.168. The molecule has 8 rings (SSSR count). The maximum Gasteiger partial charge on any atom is 0.194 e. The first-order valence-electron chi connectivity index (χ1n) is 15.7. The molecule has 45 heavy (non-hydrogen) atoms. The fraction of sp³-hybridized carbons (Fsp3) is 0.342. The van der Waals surface area contributed by atoms with Gasteiger partial charge in [0.15, 0.2) is 5.78 Å². The van der Waals surface area contributed by atoms with Crippen LogP contribution in [-0.2, 0) is 6.42 Å². The Kier molecular flexibility index (Phi) is 9.34. The summed E-state index contributed by atoms with van der Waals surface area (Å²) in [5, 5.41) is 1.28. The molecule has 0 spiro atoms. The molecule has 0 N–H and O–H groups in total. The van der Waals surface area contributed by atoms with Gasteiger partial charge in [-0.3, -0.25) is 4.79 Å². The summed E-state index contributed by atoms with van der Waals surface area (Å²) in [6.07, 6.45) is 9.31. The SMILES string of the molecule is Clc1ccc(Br)cc1Cc1ccc(OC2CC3CC3C2)cc1.O=C(c1ccc(OC2CC3CC3C2)cc1)c1cc(Br)ccc1Cl. The highest BCUT2D eigenvalue weighted by atomic mass is 79.9. The fourth-order valence-electron chi connectivity index (χ4n) is 6.99. The number of rotatable bonds is 8. The molecule has 7 heteroatoms. The van der Waals surface area contributed by atoms with Gasteiger partial charge in [0.05, 0.1) is 17.2 Å². The van der Waals surface area contributed by atoms with Gasteiger partial charge in [0, 0.05) is 25.1 Å². The highest BCUT2D eigenvalue weighted by Gasteiger charge is 2.47. The van der Waals surface area contributed by atoms with Crippen LogP contribution < -0.4 is 9.47 Å². The summed E-state index contributed by atoms with van der Waals surface area (Å²) in [5.41, 5.74) is 3.51.